The molecule has 15 heavy (non-hydrogen) atoms. The Hall–Kier alpha value is -1.77. The Morgan fingerprint density at radius 2 is 2.20 bits per heavy atom. The fourth-order valence-electron chi connectivity index (χ4n) is 1.55. The Bertz CT molecular complexity index is 448. The number of phenols is 1. The highest BCUT2D eigenvalue weighted by Gasteiger charge is 2.01. The molecular formula is C12H14N2O. The predicted molar refractivity (Wildman–Crippen MR) is 59.6 cm³/mol. The smallest absolute Gasteiger partial charge is 0.116 e. The van der Waals surface area contributed by atoms with Gasteiger partial charge in [-0.25, -0.2) is 0 Å². The van der Waals surface area contributed by atoms with Crippen molar-refractivity contribution >= 4 is 0 Å². The molecule has 2 rings (SSSR count). The van der Waals surface area contributed by atoms with Crippen molar-refractivity contribution in [2.75, 3.05) is 0 Å². The minimum Gasteiger partial charge on any atom is -0.508 e. The molecule has 1 aromatic carbocycles. The second kappa shape index (κ2) is 4.17. The van der Waals surface area contributed by atoms with Crippen LogP contribution in [-0.2, 0) is 6.54 Å². The van der Waals surface area contributed by atoms with Gasteiger partial charge in [0.05, 0.1) is 6.20 Å². The van der Waals surface area contributed by atoms with E-state index in [-0.39, 0.29) is 5.75 Å². The zero-order valence-corrected chi connectivity index (χ0v) is 8.72. The standard InChI is InChI=1S/C12H14N2O/c1-2-6-14-9-11(8-13-14)10-4-3-5-12(15)7-10/h3-5,7-9,15H,2,6H2,1H3. The van der Waals surface area contributed by atoms with Crippen LogP contribution in [0.2, 0.25) is 0 Å². The Morgan fingerprint density at radius 1 is 1.33 bits per heavy atom. The molecule has 0 spiro atoms. The summed E-state index contributed by atoms with van der Waals surface area (Å²) in [5, 5.41) is 13.6. The van der Waals surface area contributed by atoms with Gasteiger partial charge in [-0.05, 0) is 24.1 Å². The first-order chi connectivity index (χ1) is 7.29. The number of hydrogen-bond donors (Lipinski definition) is 1. The number of nitrogens with zero attached hydrogens (tertiary/aromatic N) is 2. The number of aromatic hydroxyl groups is 1. The molecular weight excluding hydrogens is 188 g/mol. The summed E-state index contributed by atoms with van der Waals surface area (Å²) in [6.07, 6.45) is 4.89. The third-order valence-electron chi connectivity index (χ3n) is 2.27. The molecule has 0 aliphatic heterocycles. The molecule has 0 unspecified atom stereocenters. The molecule has 0 bridgehead atoms. The number of benzene rings is 1. The zero-order valence-electron chi connectivity index (χ0n) is 8.72. The fourth-order valence-corrected chi connectivity index (χ4v) is 1.55. The van der Waals surface area contributed by atoms with Crippen molar-refractivity contribution < 1.29 is 5.11 Å². The van der Waals surface area contributed by atoms with Crippen molar-refractivity contribution in [1.29, 1.82) is 0 Å². The lowest BCUT2D eigenvalue weighted by Crippen LogP contribution is -1.95. The largest absolute Gasteiger partial charge is 0.508 e. The molecule has 0 aliphatic carbocycles. The van der Waals surface area contributed by atoms with Gasteiger partial charge in [0, 0.05) is 18.3 Å². The van der Waals surface area contributed by atoms with E-state index in [0.717, 1.165) is 24.1 Å². The Balaban J connectivity index is 2.29. The lowest BCUT2D eigenvalue weighted by Gasteiger charge is -1.98. The Kier molecular flexibility index (Phi) is 2.72. The van der Waals surface area contributed by atoms with Crippen LogP contribution < -0.4 is 0 Å². The summed E-state index contributed by atoms with van der Waals surface area (Å²) >= 11 is 0. The summed E-state index contributed by atoms with van der Waals surface area (Å²) < 4.78 is 1.92. The molecule has 0 amide bonds. The van der Waals surface area contributed by atoms with E-state index in [9.17, 15) is 5.11 Å². The molecule has 2 aromatic rings. The maximum atomic E-state index is 9.36. The molecule has 0 saturated heterocycles. The number of phenolic OH excluding ortho intramolecular Hbond substituents is 1. The Labute approximate surface area is 89.0 Å². The molecule has 3 heteroatoms. The van der Waals surface area contributed by atoms with E-state index in [1.165, 1.54) is 0 Å². The average Bonchev–Trinajstić information content (AvgIpc) is 2.67. The van der Waals surface area contributed by atoms with Crippen molar-refractivity contribution in [2.24, 2.45) is 0 Å². The molecule has 78 valence electrons. The summed E-state index contributed by atoms with van der Waals surface area (Å²) in [4.78, 5) is 0. The minimum atomic E-state index is 0.288. The van der Waals surface area contributed by atoms with Gasteiger partial charge in [0.15, 0.2) is 0 Å². The van der Waals surface area contributed by atoms with Crippen LogP contribution in [0.3, 0.4) is 0 Å². The van der Waals surface area contributed by atoms with Crippen molar-refractivity contribution in [3.63, 3.8) is 0 Å². The van der Waals surface area contributed by atoms with Gasteiger partial charge in [-0.15, -0.1) is 0 Å². The van der Waals surface area contributed by atoms with Crippen LogP contribution in [-0.4, -0.2) is 14.9 Å². The SMILES string of the molecule is CCCn1cc(-c2cccc(O)c2)cn1. The highest BCUT2D eigenvalue weighted by molar-refractivity contribution is 5.63. The normalized spacial score (nSPS) is 10.5. The van der Waals surface area contributed by atoms with E-state index in [1.54, 1.807) is 12.1 Å². The van der Waals surface area contributed by atoms with Gasteiger partial charge in [-0.3, -0.25) is 4.68 Å². The summed E-state index contributed by atoms with van der Waals surface area (Å²) in [6, 6.07) is 7.21. The van der Waals surface area contributed by atoms with E-state index in [4.69, 9.17) is 0 Å². The number of aryl methyl sites for hydroxylation is 1. The van der Waals surface area contributed by atoms with Crippen LogP contribution in [0.5, 0.6) is 5.75 Å². The zero-order chi connectivity index (χ0) is 10.7. The van der Waals surface area contributed by atoms with Crippen molar-refractivity contribution in [3.8, 4) is 16.9 Å². The highest BCUT2D eigenvalue weighted by Crippen LogP contribution is 2.22. The lowest BCUT2D eigenvalue weighted by molar-refractivity contribution is 0.475. The number of aromatic nitrogens is 2. The first-order valence-electron chi connectivity index (χ1n) is 5.11. The summed E-state index contributed by atoms with van der Waals surface area (Å²) in [6.45, 7) is 3.05. The van der Waals surface area contributed by atoms with Gasteiger partial charge < -0.3 is 5.11 Å². The molecule has 0 fully saturated rings. The first-order valence-corrected chi connectivity index (χ1v) is 5.11. The maximum Gasteiger partial charge on any atom is 0.116 e. The molecule has 1 N–H and O–H groups in total. The van der Waals surface area contributed by atoms with Gasteiger partial charge in [0.1, 0.15) is 5.75 Å². The van der Waals surface area contributed by atoms with Gasteiger partial charge in [0.25, 0.3) is 0 Å². The molecule has 0 aliphatic rings. The summed E-state index contributed by atoms with van der Waals surface area (Å²) in [5.74, 6) is 0.288. The second-order valence-electron chi connectivity index (χ2n) is 3.54. The van der Waals surface area contributed by atoms with E-state index in [2.05, 4.69) is 12.0 Å². The van der Waals surface area contributed by atoms with Crippen molar-refractivity contribution in [1.82, 2.24) is 9.78 Å². The molecule has 0 atom stereocenters. The molecule has 0 saturated carbocycles. The second-order valence-corrected chi connectivity index (χ2v) is 3.54. The highest BCUT2D eigenvalue weighted by atomic mass is 16.3. The van der Waals surface area contributed by atoms with Crippen LogP contribution in [0.15, 0.2) is 36.7 Å². The third kappa shape index (κ3) is 2.18. The number of rotatable bonds is 3. The molecule has 1 aromatic heterocycles. The topological polar surface area (TPSA) is 38.0 Å². The number of hydrogen-bond acceptors (Lipinski definition) is 2. The van der Waals surface area contributed by atoms with Gasteiger partial charge in [-0.2, -0.15) is 5.10 Å². The molecule has 0 radical (unpaired) electrons. The quantitative estimate of drug-likeness (QED) is 0.830. The molecule has 3 nitrogen and oxygen atoms in total. The van der Waals surface area contributed by atoms with Crippen LogP contribution in [0.25, 0.3) is 11.1 Å². The monoisotopic (exact) mass is 202 g/mol. The van der Waals surface area contributed by atoms with Crippen molar-refractivity contribution in [2.45, 2.75) is 19.9 Å². The fraction of sp³-hybridized carbons (Fsp3) is 0.250. The van der Waals surface area contributed by atoms with E-state index in [1.807, 2.05) is 29.2 Å². The third-order valence-corrected chi connectivity index (χ3v) is 2.27. The van der Waals surface area contributed by atoms with Gasteiger partial charge in [-0.1, -0.05) is 19.1 Å². The molecule has 1 heterocycles. The average molecular weight is 202 g/mol. The Morgan fingerprint density at radius 3 is 2.93 bits per heavy atom. The van der Waals surface area contributed by atoms with Crippen LogP contribution in [0, 0.1) is 0 Å². The van der Waals surface area contributed by atoms with E-state index < -0.39 is 0 Å². The van der Waals surface area contributed by atoms with Crippen LogP contribution in [0.4, 0.5) is 0 Å². The summed E-state index contributed by atoms with van der Waals surface area (Å²) in [7, 11) is 0. The predicted octanol–water partition coefficient (Wildman–Crippen LogP) is 2.67. The minimum absolute atomic E-state index is 0.288. The van der Waals surface area contributed by atoms with E-state index >= 15 is 0 Å². The van der Waals surface area contributed by atoms with Gasteiger partial charge >= 0.3 is 0 Å². The first kappa shape index (κ1) is 9.77. The summed E-state index contributed by atoms with van der Waals surface area (Å²) in [5.41, 5.74) is 2.04. The van der Waals surface area contributed by atoms with Crippen LogP contribution >= 0.6 is 0 Å². The van der Waals surface area contributed by atoms with E-state index in [0.29, 0.717) is 0 Å². The van der Waals surface area contributed by atoms with Gasteiger partial charge in [0.2, 0.25) is 0 Å². The maximum absolute atomic E-state index is 9.36. The van der Waals surface area contributed by atoms with Crippen LogP contribution in [0.1, 0.15) is 13.3 Å². The van der Waals surface area contributed by atoms with Crippen molar-refractivity contribution in [3.05, 3.63) is 36.7 Å². The lowest BCUT2D eigenvalue weighted by atomic mass is 10.1.